The Morgan fingerprint density at radius 3 is 1.38 bits per heavy atom. The zero-order valence-electron chi connectivity index (χ0n) is 23.7. The summed E-state index contributed by atoms with van der Waals surface area (Å²) in [6.07, 6.45) is 9.18. The van der Waals surface area contributed by atoms with E-state index < -0.39 is 9.85 Å². The third kappa shape index (κ3) is 6.17. The van der Waals surface area contributed by atoms with Gasteiger partial charge >= 0.3 is 0 Å². The average molecular weight is 561 g/mol. The quantitative estimate of drug-likeness (QED) is 0.122. The maximum atomic E-state index is 10.9. The monoisotopic (exact) mass is 560 g/mol. The number of nitro benzene ring substituents is 2. The number of non-ortho nitro benzene ring substituents is 2. The van der Waals surface area contributed by atoms with E-state index in [2.05, 4.69) is 60.2 Å². The normalized spacial score (nSPS) is 14.8. The molecule has 0 aromatic heterocycles. The molecule has 0 unspecified atom stereocenters. The first-order valence-corrected chi connectivity index (χ1v) is 14.0. The van der Waals surface area contributed by atoms with Gasteiger partial charge in [0, 0.05) is 42.1 Å². The molecule has 212 valence electrons. The summed E-state index contributed by atoms with van der Waals surface area (Å²) < 4.78 is 0. The first kappa shape index (κ1) is 28.5. The van der Waals surface area contributed by atoms with Crippen molar-refractivity contribution in [3.63, 3.8) is 0 Å². The zero-order chi connectivity index (χ0) is 29.7. The first-order chi connectivity index (χ1) is 20.2. The summed E-state index contributed by atoms with van der Waals surface area (Å²) in [7, 11) is 0. The Morgan fingerprint density at radius 2 is 1.02 bits per heavy atom. The van der Waals surface area contributed by atoms with Crippen LogP contribution >= 0.6 is 0 Å². The van der Waals surface area contributed by atoms with Crippen molar-refractivity contribution in [2.45, 2.75) is 51.4 Å². The van der Waals surface area contributed by atoms with Crippen molar-refractivity contribution < 1.29 is 9.85 Å². The van der Waals surface area contributed by atoms with Crippen molar-refractivity contribution in [2.75, 3.05) is 0 Å². The molecule has 0 atom stereocenters. The van der Waals surface area contributed by atoms with Crippen LogP contribution in [-0.2, 0) is 5.41 Å². The minimum atomic E-state index is -0.408. The van der Waals surface area contributed by atoms with Gasteiger partial charge in [-0.15, -0.1) is 0 Å². The fourth-order valence-corrected chi connectivity index (χ4v) is 5.75. The molecule has 4 aromatic rings. The van der Waals surface area contributed by atoms with Crippen molar-refractivity contribution in [3.8, 4) is 0 Å². The van der Waals surface area contributed by atoms with E-state index >= 15 is 0 Å². The van der Waals surface area contributed by atoms with Gasteiger partial charge in [0.05, 0.1) is 21.2 Å². The van der Waals surface area contributed by atoms with E-state index in [1.54, 1.807) is 36.7 Å². The minimum Gasteiger partial charge on any atom is -0.258 e. The van der Waals surface area contributed by atoms with Crippen LogP contribution in [-0.4, -0.2) is 22.3 Å². The van der Waals surface area contributed by atoms with Crippen molar-refractivity contribution in [1.82, 2.24) is 0 Å². The fourth-order valence-electron chi connectivity index (χ4n) is 5.75. The highest BCUT2D eigenvalue weighted by Gasteiger charge is 2.36. The maximum Gasteiger partial charge on any atom is 0.269 e. The van der Waals surface area contributed by atoms with Crippen molar-refractivity contribution >= 4 is 35.2 Å². The van der Waals surface area contributed by atoms with E-state index in [1.165, 1.54) is 41.8 Å². The van der Waals surface area contributed by atoms with Gasteiger partial charge in [-0.2, -0.15) is 0 Å². The Labute approximate surface area is 244 Å². The molecule has 0 amide bonds. The zero-order valence-corrected chi connectivity index (χ0v) is 23.7. The number of hydrogen-bond donors (Lipinski definition) is 0. The molecule has 5 rings (SSSR count). The molecule has 1 aliphatic rings. The van der Waals surface area contributed by atoms with Crippen LogP contribution in [0.5, 0.6) is 0 Å². The molecule has 0 spiro atoms. The Morgan fingerprint density at radius 1 is 0.619 bits per heavy atom. The molecule has 8 nitrogen and oxygen atoms in total. The minimum absolute atomic E-state index is 0.0602. The van der Waals surface area contributed by atoms with E-state index in [0.717, 1.165) is 59.3 Å². The lowest BCUT2D eigenvalue weighted by molar-refractivity contribution is -0.385. The Balaban J connectivity index is 1.40. The van der Waals surface area contributed by atoms with Crippen molar-refractivity contribution in [3.05, 3.63) is 139 Å². The lowest BCUT2D eigenvalue weighted by atomic mass is 9.65. The molecule has 4 aromatic carbocycles. The Kier molecular flexibility index (Phi) is 8.33. The number of benzene rings is 4. The van der Waals surface area contributed by atoms with E-state index in [0.29, 0.717) is 0 Å². The standard InChI is InChI=1S/C34H32N4O4/c1-24-20-28(10-16-32(24)35-22-26-6-12-30(13-7-26)37(39)40)34(18-4-3-5-19-34)29-11-17-33(25(2)21-29)36-23-27-8-14-31(15-9-27)38(41)42/h6-17,20-23H,3-5,18-19H2,1-2H3. The van der Waals surface area contributed by atoms with E-state index in [1.807, 2.05) is 0 Å². The highest BCUT2D eigenvalue weighted by Crippen LogP contribution is 2.46. The molecule has 0 bridgehead atoms. The fraction of sp³-hybridized carbons (Fsp3) is 0.235. The topological polar surface area (TPSA) is 111 Å². The molecule has 42 heavy (non-hydrogen) atoms. The summed E-state index contributed by atoms with van der Waals surface area (Å²) in [5.74, 6) is 0. The van der Waals surface area contributed by atoms with Gasteiger partial charge in [0.2, 0.25) is 0 Å². The Bertz CT molecular complexity index is 1550. The van der Waals surface area contributed by atoms with Gasteiger partial charge in [0.1, 0.15) is 0 Å². The second-order valence-corrected chi connectivity index (χ2v) is 10.9. The van der Waals surface area contributed by atoms with E-state index in [-0.39, 0.29) is 16.8 Å². The van der Waals surface area contributed by atoms with E-state index in [9.17, 15) is 20.2 Å². The second-order valence-electron chi connectivity index (χ2n) is 10.9. The maximum absolute atomic E-state index is 10.9. The third-order valence-electron chi connectivity index (χ3n) is 8.12. The van der Waals surface area contributed by atoms with Gasteiger partial charge in [-0.1, -0.05) is 43.5 Å². The van der Waals surface area contributed by atoms with Crippen LogP contribution < -0.4 is 0 Å². The Hall–Kier alpha value is -4.98. The lowest BCUT2D eigenvalue weighted by Gasteiger charge is -2.39. The number of aliphatic imine (C=N–C) groups is 2. The second kappa shape index (κ2) is 12.3. The largest absolute Gasteiger partial charge is 0.269 e. The van der Waals surface area contributed by atoms with Crippen LogP contribution in [0, 0.1) is 34.1 Å². The number of nitro groups is 2. The first-order valence-electron chi connectivity index (χ1n) is 14.0. The van der Waals surface area contributed by atoms with Gasteiger partial charge in [-0.05, 0) is 96.5 Å². The number of nitrogens with zero attached hydrogens (tertiary/aromatic N) is 4. The molecule has 1 aliphatic carbocycles. The molecule has 0 heterocycles. The molecular formula is C34H32N4O4. The predicted octanol–water partition coefficient (Wildman–Crippen LogP) is 8.87. The van der Waals surface area contributed by atoms with Crippen molar-refractivity contribution in [2.24, 2.45) is 9.98 Å². The van der Waals surface area contributed by atoms with Crippen LogP contribution in [0.3, 0.4) is 0 Å². The average Bonchev–Trinajstić information content (AvgIpc) is 3.00. The highest BCUT2D eigenvalue weighted by atomic mass is 16.6. The number of hydrogen-bond acceptors (Lipinski definition) is 6. The summed E-state index contributed by atoms with van der Waals surface area (Å²) in [5.41, 5.74) is 8.12. The summed E-state index contributed by atoms with van der Waals surface area (Å²) in [6.45, 7) is 4.15. The van der Waals surface area contributed by atoms with Crippen LogP contribution in [0.4, 0.5) is 22.7 Å². The number of rotatable bonds is 8. The smallest absolute Gasteiger partial charge is 0.258 e. The van der Waals surface area contributed by atoms with Crippen LogP contribution in [0.15, 0.2) is 94.9 Å². The molecule has 0 saturated heterocycles. The summed E-state index contributed by atoms with van der Waals surface area (Å²) in [6, 6.07) is 25.8. The van der Waals surface area contributed by atoms with Gasteiger partial charge in [0.25, 0.3) is 11.4 Å². The molecule has 0 N–H and O–H groups in total. The predicted molar refractivity (Wildman–Crippen MR) is 167 cm³/mol. The summed E-state index contributed by atoms with van der Waals surface area (Å²) in [5, 5.41) is 21.8. The molecule has 1 fully saturated rings. The molecule has 1 saturated carbocycles. The molecule has 8 heteroatoms. The highest BCUT2D eigenvalue weighted by molar-refractivity contribution is 5.83. The SMILES string of the molecule is Cc1cc(C2(c3ccc(N=Cc4ccc([N+](=O)[O-])cc4)c(C)c3)CCCCC2)ccc1N=Cc1ccc([N+](=O)[O-])cc1. The van der Waals surface area contributed by atoms with Crippen LogP contribution in [0.2, 0.25) is 0 Å². The van der Waals surface area contributed by atoms with Crippen LogP contribution in [0.25, 0.3) is 0 Å². The molecule has 0 aliphatic heterocycles. The van der Waals surface area contributed by atoms with Gasteiger partial charge in [-0.3, -0.25) is 30.2 Å². The van der Waals surface area contributed by atoms with Gasteiger partial charge in [0.15, 0.2) is 0 Å². The van der Waals surface area contributed by atoms with Gasteiger partial charge in [-0.25, -0.2) is 0 Å². The van der Waals surface area contributed by atoms with E-state index in [4.69, 9.17) is 0 Å². The summed E-state index contributed by atoms with van der Waals surface area (Å²) >= 11 is 0. The lowest BCUT2D eigenvalue weighted by Crippen LogP contribution is -2.30. The molecule has 0 radical (unpaired) electrons. The summed E-state index contributed by atoms with van der Waals surface area (Å²) in [4.78, 5) is 30.4. The third-order valence-corrected chi connectivity index (χ3v) is 8.12. The molecular weight excluding hydrogens is 528 g/mol. The van der Waals surface area contributed by atoms with Crippen molar-refractivity contribution in [1.29, 1.82) is 0 Å². The van der Waals surface area contributed by atoms with Gasteiger partial charge < -0.3 is 0 Å². The number of aryl methyl sites for hydroxylation is 2. The van der Waals surface area contributed by atoms with Crippen LogP contribution in [0.1, 0.15) is 65.5 Å².